The van der Waals surface area contributed by atoms with Crippen molar-refractivity contribution < 1.29 is 8.42 Å². The highest BCUT2D eigenvalue weighted by atomic mass is 32.2. The summed E-state index contributed by atoms with van der Waals surface area (Å²) in [4.78, 5) is 0. The third-order valence-corrected chi connectivity index (χ3v) is 4.71. The number of nitrogens with one attached hydrogen (secondary N) is 1. The Morgan fingerprint density at radius 1 is 1.39 bits per heavy atom. The van der Waals surface area contributed by atoms with E-state index in [1.165, 1.54) is 10.6 Å². The molecule has 1 rings (SSSR count). The summed E-state index contributed by atoms with van der Waals surface area (Å²) in [6.45, 7) is 5.86. The van der Waals surface area contributed by atoms with Crippen LogP contribution in [0.3, 0.4) is 0 Å². The summed E-state index contributed by atoms with van der Waals surface area (Å²) in [6, 6.07) is 2.65. The van der Waals surface area contributed by atoms with Crippen molar-refractivity contribution in [3.05, 3.63) is 0 Å². The Bertz CT molecular complexity index is 404. The second-order valence-electron chi connectivity index (χ2n) is 5.64. The van der Waals surface area contributed by atoms with Crippen LogP contribution in [0, 0.1) is 16.7 Å². The predicted molar refractivity (Wildman–Crippen MR) is 71.5 cm³/mol. The van der Waals surface area contributed by atoms with E-state index < -0.39 is 10.0 Å². The molecule has 5 nitrogen and oxygen atoms in total. The van der Waals surface area contributed by atoms with Crippen LogP contribution in [-0.4, -0.2) is 44.7 Å². The average molecular weight is 273 g/mol. The summed E-state index contributed by atoms with van der Waals surface area (Å²) in [5, 5.41) is 12.3. The number of piperidine rings is 1. The number of rotatable bonds is 5. The van der Waals surface area contributed by atoms with Gasteiger partial charge in [-0.25, -0.2) is 12.7 Å². The van der Waals surface area contributed by atoms with Crippen molar-refractivity contribution in [2.24, 2.45) is 5.41 Å². The lowest BCUT2D eigenvalue weighted by molar-refractivity contribution is 0.283. The Morgan fingerprint density at radius 2 is 1.94 bits per heavy atom. The van der Waals surface area contributed by atoms with E-state index in [1.54, 1.807) is 0 Å². The molecular formula is C12H23N3O2S. The number of hydrogen-bond acceptors (Lipinski definition) is 4. The van der Waals surface area contributed by atoms with Crippen LogP contribution in [0.5, 0.6) is 0 Å². The van der Waals surface area contributed by atoms with Crippen LogP contribution >= 0.6 is 0 Å². The molecule has 0 saturated carbocycles. The van der Waals surface area contributed by atoms with Crippen molar-refractivity contribution in [3.63, 3.8) is 0 Å². The SMILES string of the molecule is CC(C)(C#N)CCNC1CCN(S(C)(=O)=O)CC1. The fraction of sp³-hybridized carbons (Fsp3) is 0.917. The number of nitriles is 1. The fourth-order valence-electron chi connectivity index (χ4n) is 2.04. The maximum atomic E-state index is 11.3. The zero-order valence-corrected chi connectivity index (χ0v) is 12.3. The van der Waals surface area contributed by atoms with Gasteiger partial charge in [0, 0.05) is 19.1 Å². The van der Waals surface area contributed by atoms with E-state index in [9.17, 15) is 8.42 Å². The molecule has 1 aliphatic rings. The Morgan fingerprint density at radius 3 is 2.39 bits per heavy atom. The number of sulfonamides is 1. The molecule has 1 N–H and O–H groups in total. The van der Waals surface area contributed by atoms with Crippen molar-refractivity contribution in [2.75, 3.05) is 25.9 Å². The summed E-state index contributed by atoms with van der Waals surface area (Å²) in [6.07, 6.45) is 3.77. The Labute approximate surface area is 110 Å². The number of nitrogens with zero attached hydrogens (tertiary/aromatic N) is 2. The molecule has 1 heterocycles. The van der Waals surface area contributed by atoms with Gasteiger partial charge < -0.3 is 5.32 Å². The quantitative estimate of drug-likeness (QED) is 0.809. The molecule has 0 amide bonds. The van der Waals surface area contributed by atoms with Gasteiger partial charge in [-0.3, -0.25) is 0 Å². The molecule has 0 aliphatic carbocycles. The average Bonchev–Trinajstić information content (AvgIpc) is 2.28. The summed E-state index contributed by atoms with van der Waals surface area (Å²) in [5.41, 5.74) is -0.291. The molecule has 0 aromatic heterocycles. The van der Waals surface area contributed by atoms with Gasteiger partial charge in [0.25, 0.3) is 0 Å². The highest BCUT2D eigenvalue weighted by Gasteiger charge is 2.25. The van der Waals surface area contributed by atoms with Crippen LogP contribution < -0.4 is 5.32 Å². The molecule has 0 radical (unpaired) electrons. The molecule has 0 aromatic rings. The minimum absolute atomic E-state index is 0.291. The standard InChI is InChI=1S/C12H23N3O2S/c1-12(2,10-13)6-7-14-11-4-8-15(9-5-11)18(3,16)17/h11,14H,4-9H2,1-3H3. The van der Waals surface area contributed by atoms with Gasteiger partial charge in [0.2, 0.25) is 10.0 Å². The Balaban J connectivity index is 2.27. The van der Waals surface area contributed by atoms with E-state index in [0.717, 1.165) is 25.8 Å². The lowest BCUT2D eigenvalue weighted by Gasteiger charge is -2.31. The molecular weight excluding hydrogens is 250 g/mol. The summed E-state index contributed by atoms with van der Waals surface area (Å²) in [5.74, 6) is 0. The molecule has 18 heavy (non-hydrogen) atoms. The van der Waals surface area contributed by atoms with E-state index in [-0.39, 0.29) is 5.41 Å². The largest absolute Gasteiger partial charge is 0.314 e. The molecule has 104 valence electrons. The summed E-state index contributed by atoms with van der Waals surface area (Å²) >= 11 is 0. The van der Waals surface area contributed by atoms with E-state index in [1.807, 2.05) is 13.8 Å². The zero-order chi connectivity index (χ0) is 13.8. The van der Waals surface area contributed by atoms with Crippen molar-refractivity contribution in [2.45, 2.75) is 39.2 Å². The van der Waals surface area contributed by atoms with Crippen LogP contribution in [-0.2, 0) is 10.0 Å². The molecule has 0 atom stereocenters. The van der Waals surface area contributed by atoms with Crippen molar-refractivity contribution in [3.8, 4) is 6.07 Å². The molecule has 1 saturated heterocycles. The van der Waals surface area contributed by atoms with Gasteiger partial charge in [0.1, 0.15) is 0 Å². The van der Waals surface area contributed by atoms with Gasteiger partial charge in [-0.1, -0.05) is 0 Å². The first-order valence-electron chi connectivity index (χ1n) is 6.34. The lowest BCUT2D eigenvalue weighted by Crippen LogP contribution is -2.45. The predicted octanol–water partition coefficient (Wildman–Crippen LogP) is 0.940. The lowest BCUT2D eigenvalue weighted by atomic mass is 9.91. The minimum atomic E-state index is -3.03. The van der Waals surface area contributed by atoms with Crippen LogP contribution in [0.2, 0.25) is 0 Å². The fourth-order valence-corrected chi connectivity index (χ4v) is 2.91. The molecule has 0 spiro atoms. The maximum Gasteiger partial charge on any atom is 0.211 e. The molecule has 6 heteroatoms. The first kappa shape index (κ1) is 15.4. The van der Waals surface area contributed by atoms with Gasteiger partial charge in [-0.05, 0) is 39.7 Å². The first-order chi connectivity index (χ1) is 8.24. The third kappa shape index (κ3) is 4.92. The Kier molecular flexibility index (Phi) is 5.14. The third-order valence-electron chi connectivity index (χ3n) is 3.41. The van der Waals surface area contributed by atoms with E-state index >= 15 is 0 Å². The highest BCUT2D eigenvalue weighted by molar-refractivity contribution is 7.88. The van der Waals surface area contributed by atoms with Crippen LogP contribution in [0.1, 0.15) is 33.1 Å². The van der Waals surface area contributed by atoms with Crippen LogP contribution in [0.15, 0.2) is 0 Å². The zero-order valence-electron chi connectivity index (χ0n) is 11.4. The van der Waals surface area contributed by atoms with Crippen molar-refractivity contribution in [1.29, 1.82) is 5.26 Å². The normalized spacial score (nSPS) is 19.7. The van der Waals surface area contributed by atoms with Gasteiger partial charge in [-0.2, -0.15) is 5.26 Å². The van der Waals surface area contributed by atoms with Gasteiger partial charge in [-0.15, -0.1) is 0 Å². The monoisotopic (exact) mass is 273 g/mol. The van der Waals surface area contributed by atoms with Crippen molar-refractivity contribution >= 4 is 10.0 Å². The van der Waals surface area contributed by atoms with E-state index in [0.29, 0.717) is 19.1 Å². The summed E-state index contributed by atoms with van der Waals surface area (Å²) < 4.78 is 24.2. The minimum Gasteiger partial charge on any atom is -0.314 e. The second-order valence-corrected chi connectivity index (χ2v) is 7.62. The molecule has 1 fully saturated rings. The van der Waals surface area contributed by atoms with E-state index in [2.05, 4.69) is 11.4 Å². The van der Waals surface area contributed by atoms with E-state index in [4.69, 9.17) is 5.26 Å². The van der Waals surface area contributed by atoms with Crippen molar-refractivity contribution in [1.82, 2.24) is 9.62 Å². The smallest absolute Gasteiger partial charge is 0.211 e. The summed E-state index contributed by atoms with van der Waals surface area (Å²) in [7, 11) is -3.03. The second kappa shape index (κ2) is 6.00. The maximum absolute atomic E-state index is 11.3. The molecule has 1 aliphatic heterocycles. The highest BCUT2D eigenvalue weighted by Crippen LogP contribution is 2.18. The number of hydrogen-bond donors (Lipinski definition) is 1. The molecule has 0 bridgehead atoms. The van der Waals surface area contributed by atoms with Crippen LogP contribution in [0.4, 0.5) is 0 Å². The molecule has 0 unspecified atom stereocenters. The topological polar surface area (TPSA) is 73.2 Å². The molecule has 0 aromatic carbocycles. The van der Waals surface area contributed by atoms with Gasteiger partial charge in [0.05, 0.1) is 17.7 Å². The Hall–Kier alpha value is -0.640. The van der Waals surface area contributed by atoms with Crippen LogP contribution in [0.25, 0.3) is 0 Å². The van der Waals surface area contributed by atoms with Gasteiger partial charge in [0.15, 0.2) is 0 Å². The van der Waals surface area contributed by atoms with Gasteiger partial charge >= 0.3 is 0 Å². The first-order valence-corrected chi connectivity index (χ1v) is 8.19.